The maximum Gasteiger partial charge on any atom is 0.245 e. The number of hydrogen-bond acceptors (Lipinski definition) is 4. The zero-order valence-corrected chi connectivity index (χ0v) is 15.5. The van der Waals surface area contributed by atoms with Crippen LogP contribution in [-0.4, -0.2) is 61.7 Å². The van der Waals surface area contributed by atoms with Crippen molar-refractivity contribution in [2.75, 3.05) is 31.1 Å². The highest BCUT2D eigenvalue weighted by molar-refractivity contribution is 7.89. The molecule has 2 amide bonds. The van der Waals surface area contributed by atoms with E-state index in [1.165, 1.54) is 15.3 Å². The number of amides is 2. The minimum Gasteiger partial charge on any atom is -0.341 e. The number of hydrogen-bond donors (Lipinski definition) is 0. The summed E-state index contributed by atoms with van der Waals surface area (Å²) < 4.78 is 27.6. The average molecular weight is 377 g/mol. The van der Waals surface area contributed by atoms with Gasteiger partial charge in [0.15, 0.2) is 0 Å². The maximum atomic E-state index is 13.2. The Morgan fingerprint density at radius 1 is 1.04 bits per heavy atom. The molecule has 140 valence electrons. The molecule has 7 nitrogen and oxygen atoms in total. The molecule has 1 atom stereocenters. The third-order valence-corrected chi connectivity index (χ3v) is 7.46. The van der Waals surface area contributed by atoms with Crippen molar-refractivity contribution in [3.8, 4) is 0 Å². The number of carbonyl (C=O) groups is 2. The predicted molar refractivity (Wildman–Crippen MR) is 96.1 cm³/mol. The summed E-state index contributed by atoms with van der Waals surface area (Å²) in [5.41, 5.74) is 0.319. The number of nitrogens with zero attached hydrogens (tertiary/aromatic N) is 3. The van der Waals surface area contributed by atoms with E-state index >= 15 is 0 Å². The molecule has 1 unspecified atom stereocenters. The van der Waals surface area contributed by atoms with Gasteiger partial charge in [-0.3, -0.25) is 9.59 Å². The van der Waals surface area contributed by atoms with E-state index in [2.05, 4.69) is 0 Å². The summed E-state index contributed by atoms with van der Waals surface area (Å²) in [6.07, 6.45) is 4.01. The number of likely N-dealkylation sites (tertiary alicyclic amines) is 1. The van der Waals surface area contributed by atoms with Gasteiger partial charge in [0.05, 0.1) is 5.69 Å². The molecule has 0 bridgehead atoms. The van der Waals surface area contributed by atoms with Crippen LogP contribution in [0, 0.1) is 0 Å². The molecule has 1 aromatic carbocycles. The SMILES string of the molecule is O=C(CN1C(=O)C2CCCCN2S(=O)(=O)c2ccccc21)N1CCCC1. The fourth-order valence-corrected chi connectivity index (χ4v) is 5.97. The molecule has 3 aliphatic heterocycles. The van der Waals surface area contributed by atoms with Crippen molar-refractivity contribution in [2.45, 2.75) is 43.0 Å². The van der Waals surface area contributed by atoms with E-state index in [0.717, 1.165) is 25.7 Å². The Bertz CT molecular complexity index is 833. The molecule has 26 heavy (non-hydrogen) atoms. The van der Waals surface area contributed by atoms with Gasteiger partial charge in [-0.15, -0.1) is 0 Å². The highest BCUT2D eigenvalue weighted by Gasteiger charge is 2.45. The topological polar surface area (TPSA) is 78.0 Å². The second kappa shape index (κ2) is 6.66. The second-order valence-corrected chi connectivity index (χ2v) is 8.97. The zero-order valence-electron chi connectivity index (χ0n) is 14.6. The lowest BCUT2D eigenvalue weighted by atomic mass is 10.0. The van der Waals surface area contributed by atoms with E-state index in [4.69, 9.17) is 0 Å². The highest BCUT2D eigenvalue weighted by Crippen LogP contribution is 2.36. The lowest BCUT2D eigenvalue weighted by Crippen LogP contribution is -2.52. The number of rotatable bonds is 2. The number of anilines is 1. The first-order valence-electron chi connectivity index (χ1n) is 9.20. The van der Waals surface area contributed by atoms with Gasteiger partial charge in [0, 0.05) is 19.6 Å². The summed E-state index contributed by atoms with van der Waals surface area (Å²) >= 11 is 0. The lowest BCUT2D eigenvalue weighted by Gasteiger charge is -2.33. The van der Waals surface area contributed by atoms with E-state index in [1.54, 1.807) is 23.1 Å². The van der Waals surface area contributed by atoms with Crippen molar-refractivity contribution in [3.05, 3.63) is 24.3 Å². The predicted octanol–water partition coefficient (Wildman–Crippen LogP) is 1.20. The summed E-state index contributed by atoms with van der Waals surface area (Å²) in [5.74, 6) is -0.405. The molecule has 0 spiro atoms. The van der Waals surface area contributed by atoms with Crippen molar-refractivity contribution in [3.63, 3.8) is 0 Å². The number of benzene rings is 1. The van der Waals surface area contributed by atoms with Crippen molar-refractivity contribution < 1.29 is 18.0 Å². The number of carbonyl (C=O) groups excluding carboxylic acids is 2. The Labute approximate surface area is 153 Å². The van der Waals surface area contributed by atoms with Gasteiger partial charge >= 0.3 is 0 Å². The third-order valence-electron chi connectivity index (χ3n) is 5.50. The number of sulfonamides is 1. The quantitative estimate of drug-likeness (QED) is 0.776. The molecule has 8 heteroatoms. The largest absolute Gasteiger partial charge is 0.341 e. The summed E-state index contributed by atoms with van der Waals surface area (Å²) in [6, 6.07) is 5.81. The lowest BCUT2D eigenvalue weighted by molar-refractivity contribution is -0.131. The Hall–Kier alpha value is -1.93. The van der Waals surface area contributed by atoms with Crippen LogP contribution in [0.4, 0.5) is 5.69 Å². The molecule has 2 fully saturated rings. The van der Waals surface area contributed by atoms with Gasteiger partial charge in [-0.25, -0.2) is 8.42 Å². The number of piperidine rings is 1. The molecular formula is C18H23N3O4S. The minimum atomic E-state index is -3.75. The van der Waals surface area contributed by atoms with Crippen LogP contribution < -0.4 is 4.90 Å². The molecule has 4 rings (SSSR count). The molecule has 0 aromatic heterocycles. The van der Waals surface area contributed by atoms with Gasteiger partial charge in [-0.1, -0.05) is 18.6 Å². The summed E-state index contributed by atoms with van der Waals surface area (Å²) in [6.45, 7) is 1.66. The Balaban J connectivity index is 1.76. The van der Waals surface area contributed by atoms with Gasteiger partial charge in [-0.2, -0.15) is 4.31 Å². The molecule has 3 aliphatic rings. The van der Waals surface area contributed by atoms with Gasteiger partial charge < -0.3 is 9.80 Å². The Kier molecular flexibility index (Phi) is 4.48. The highest BCUT2D eigenvalue weighted by atomic mass is 32.2. The van der Waals surface area contributed by atoms with Crippen LogP contribution in [0.15, 0.2) is 29.2 Å². The van der Waals surface area contributed by atoms with Crippen LogP contribution in [0.2, 0.25) is 0 Å². The van der Waals surface area contributed by atoms with Gasteiger partial charge in [-0.05, 0) is 37.8 Å². The van der Waals surface area contributed by atoms with Crippen LogP contribution in [0.25, 0.3) is 0 Å². The molecule has 0 N–H and O–H groups in total. The van der Waals surface area contributed by atoms with Crippen LogP contribution >= 0.6 is 0 Å². The van der Waals surface area contributed by atoms with Crippen molar-refractivity contribution in [1.29, 1.82) is 0 Å². The summed E-state index contributed by atoms with van der Waals surface area (Å²) in [5, 5.41) is 0. The van der Waals surface area contributed by atoms with Gasteiger partial charge in [0.1, 0.15) is 17.5 Å². The van der Waals surface area contributed by atoms with Crippen LogP contribution in [0.5, 0.6) is 0 Å². The monoisotopic (exact) mass is 377 g/mol. The fraction of sp³-hybridized carbons (Fsp3) is 0.556. The average Bonchev–Trinajstić information content (AvgIpc) is 3.18. The number of para-hydroxylation sites is 1. The van der Waals surface area contributed by atoms with E-state index in [1.807, 2.05) is 0 Å². The van der Waals surface area contributed by atoms with E-state index in [-0.39, 0.29) is 23.3 Å². The van der Waals surface area contributed by atoms with Crippen LogP contribution in [0.1, 0.15) is 32.1 Å². The van der Waals surface area contributed by atoms with Gasteiger partial charge in [0.25, 0.3) is 0 Å². The molecular weight excluding hydrogens is 354 g/mol. The zero-order chi connectivity index (χ0) is 18.3. The Morgan fingerprint density at radius 3 is 2.50 bits per heavy atom. The smallest absolute Gasteiger partial charge is 0.245 e. The van der Waals surface area contributed by atoms with Crippen molar-refractivity contribution >= 4 is 27.5 Å². The Morgan fingerprint density at radius 2 is 1.73 bits per heavy atom. The molecule has 2 saturated heterocycles. The normalized spacial score (nSPS) is 25.5. The molecule has 0 saturated carbocycles. The first kappa shape index (κ1) is 17.5. The molecule has 3 heterocycles. The fourth-order valence-electron chi connectivity index (χ4n) is 4.13. The van der Waals surface area contributed by atoms with Gasteiger partial charge in [0.2, 0.25) is 21.8 Å². The number of fused-ring (bicyclic) bond motifs is 2. The standard InChI is InChI=1S/C18H23N3O4S/c22-17(19-10-5-6-11-19)13-20-14-7-1-2-9-16(14)26(24,25)21-12-4-3-8-15(21)18(20)23/h1-2,7,9,15H,3-6,8,10-13H2. The van der Waals surface area contributed by atoms with E-state index < -0.39 is 16.1 Å². The summed E-state index contributed by atoms with van der Waals surface area (Å²) in [4.78, 5) is 29.2. The van der Waals surface area contributed by atoms with Crippen molar-refractivity contribution in [1.82, 2.24) is 9.21 Å². The molecule has 0 aliphatic carbocycles. The first-order chi connectivity index (χ1) is 12.5. The molecule has 0 radical (unpaired) electrons. The van der Waals surface area contributed by atoms with E-state index in [0.29, 0.717) is 31.7 Å². The van der Waals surface area contributed by atoms with Crippen molar-refractivity contribution in [2.24, 2.45) is 0 Å². The third kappa shape index (κ3) is 2.81. The first-order valence-corrected chi connectivity index (χ1v) is 10.6. The van der Waals surface area contributed by atoms with Crippen LogP contribution in [0.3, 0.4) is 0 Å². The maximum absolute atomic E-state index is 13.2. The summed E-state index contributed by atoms with van der Waals surface area (Å²) in [7, 11) is -3.75. The van der Waals surface area contributed by atoms with Crippen LogP contribution in [-0.2, 0) is 19.6 Å². The molecule has 1 aromatic rings. The second-order valence-electron chi connectivity index (χ2n) is 7.11. The minimum absolute atomic E-state index is 0.101. The van der Waals surface area contributed by atoms with E-state index in [9.17, 15) is 18.0 Å².